The van der Waals surface area contributed by atoms with Crippen LogP contribution in [0.3, 0.4) is 0 Å². The standard InChI is InChI=1S/C44H80N12O7S/c1-44(2,3)64-36-20-25-45-28-33(36)43(63)56(26-16-23-48-41(61)34(50-39(59)31-54(8)9)18-12-14-21-46-37(57)29-52(4)5)27-17-24-49-42(62)35(51-40(60)32-55(10)11)19-13-15-22-47-38(58)30-53(6)7/h20,25,28,34-35H,12-19,21-24,26-27,29-32H2,1-11H3,(H,46,57)(H,47,58)(H,48,61)(H,49,62)(H,50,59)(H,51,60)/t34-,35-/m0/s1. The number of carbonyl (C=O) groups is 7. The molecule has 0 spiro atoms. The molecule has 1 aromatic rings. The van der Waals surface area contributed by atoms with Crippen molar-refractivity contribution in [2.45, 2.75) is 93.9 Å². The SMILES string of the molecule is CN(C)CC(=O)NCCCC[C@H](NC(=O)CN(C)C)C(=O)NCCCN(CCCNC(=O)[C@H](CCCCNC(=O)CN(C)C)NC(=O)CN(C)C)C(=O)c1cnccc1SC(C)(C)C. The minimum Gasteiger partial charge on any atom is -0.355 e. The maximum absolute atomic E-state index is 14.2. The summed E-state index contributed by atoms with van der Waals surface area (Å²) in [5.41, 5.74) is 0.457. The lowest BCUT2D eigenvalue weighted by atomic mass is 10.1. The number of likely N-dealkylation sites (N-methyl/N-ethyl adjacent to an activating group) is 4. The number of amides is 7. The first-order chi connectivity index (χ1) is 30.1. The number of rotatable bonds is 32. The van der Waals surface area contributed by atoms with Gasteiger partial charge in [-0.15, -0.1) is 11.8 Å². The number of nitrogens with zero attached hydrogens (tertiary/aromatic N) is 6. The third-order valence-corrected chi connectivity index (χ3v) is 10.3. The highest BCUT2D eigenvalue weighted by molar-refractivity contribution is 8.00. The molecular weight excluding hydrogens is 841 g/mol. The van der Waals surface area contributed by atoms with Gasteiger partial charge in [-0.25, -0.2) is 0 Å². The molecule has 0 aliphatic carbocycles. The Bertz CT molecular complexity index is 1530. The predicted molar refractivity (Wildman–Crippen MR) is 253 cm³/mol. The number of thioether (sulfide) groups is 1. The molecule has 7 amide bonds. The Hall–Kier alpha value is -4.37. The summed E-state index contributed by atoms with van der Waals surface area (Å²) in [7, 11) is 14.4. The van der Waals surface area contributed by atoms with Crippen LogP contribution in [-0.2, 0) is 28.8 Å². The van der Waals surface area contributed by atoms with Crippen LogP contribution in [0.1, 0.15) is 82.5 Å². The van der Waals surface area contributed by atoms with E-state index in [-0.39, 0.29) is 85.4 Å². The van der Waals surface area contributed by atoms with Gasteiger partial charge in [0.1, 0.15) is 12.1 Å². The normalized spacial score (nSPS) is 12.5. The Morgan fingerprint density at radius 2 is 0.953 bits per heavy atom. The van der Waals surface area contributed by atoms with Crippen LogP contribution in [0.4, 0.5) is 0 Å². The van der Waals surface area contributed by atoms with E-state index in [0.29, 0.717) is 83.1 Å². The molecule has 0 aliphatic heterocycles. The first-order valence-corrected chi connectivity index (χ1v) is 23.1. The number of hydrogen-bond acceptors (Lipinski definition) is 13. The molecule has 0 radical (unpaired) electrons. The summed E-state index contributed by atoms with van der Waals surface area (Å²) in [6.07, 6.45) is 7.29. The van der Waals surface area contributed by atoms with Crippen LogP contribution in [0, 0.1) is 0 Å². The molecule has 1 aromatic heterocycles. The zero-order chi connectivity index (χ0) is 48.2. The molecule has 2 atom stereocenters. The predicted octanol–water partition coefficient (Wildman–Crippen LogP) is 0.216. The molecule has 0 bridgehead atoms. The quantitative estimate of drug-likeness (QED) is 0.0422. The molecule has 0 aromatic carbocycles. The Morgan fingerprint density at radius 3 is 1.34 bits per heavy atom. The Morgan fingerprint density at radius 1 is 0.562 bits per heavy atom. The van der Waals surface area contributed by atoms with Crippen molar-refractivity contribution in [3.63, 3.8) is 0 Å². The second-order valence-corrected chi connectivity index (χ2v) is 19.9. The molecular formula is C44H80N12O7S. The van der Waals surface area contributed by atoms with E-state index in [0.717, 1.165) is 4.90 Å². The van der Waals surface area contributed by atoms with Crippen LogP contribution in [0.5, 0.6) is 0 Å². The molecule has 0 fully saturated rings. The lowest BCUT2D eigenvalue weighted by Crippen LogP contribution is -2.49. The van der Waals surface area contributed by atoms with Crippen LogP contribution < -0.4 is 31.9 Å². The molecule has 364 valence electrons. The Balaban J connectivity index is 3.03. The van der Waals surface area contributed by atoms with Crippen LogP contribution in [-0.4, -0.2) is 209 Å². The monoisotopic (exact) mass is 921 g/mol. The van der Waals surface area contributed by atoms with Crippen LogP contribution >= 0.6 is 11.8 Å². The van der Waals surface area contributed by atoms with Gasteiger partial charge in [-0.2, -0.15) is 0 Å². The number of nitrogens with one attached hydrogen (secondary N) is 6. The fraction of sp³-hybridized carbons (Fsp3) is 0.727. The van der Waals surface area contributed by atoms with E-state index in [1.54, 1.807) is 76.8 Å². The first kappa shape index (κ1) is 57.6. The highest BCUT2D eigenvalue weighted by Gasteiger charge is 2.25. The molecule has 0 saturated heterocycles. The van der Waals surface area contributed by atoms with Crippen molar-refractivity contribution in [2.24, 2.45) is 0 Å². The Labute approximate surface area is 386 Å². The summed E-state index contributed by atoms with van der Waals surface area (Å²) in [5, 5.41) is 17.3. The van der Waals surface area contributed by atoms with Crippen molar-refractivity contribution >= 4 is 53.1 Å². The van der Waals surface area contributed by atoms with E-state index >= 15 is 0 Å². The van der Waals surface area contributed by atoms with Crippen molar-refractivity contribution in [1.29, 1.82) is 0 Å². The van der Waals surface area contributed by atoms with E-state index in [9.17, 15) is 33.6 Å². The average Bonchev–Trinajstić information content (AvgIpc) is 3.17. The average molecular weight is 921 g/mol. The van der Waals surface area contributed by atoms with Crippen molar-refractivity contribution in [2.75, 3.05) is 122 Å². The number of unbranched alkanes of at least 4 members (excludes halogenated alkanes) is 2. The Kier molecular flexibility index (Phi) is 28.4. The van der Waals surface area contributed by atoms with Crippen molar-refractivity contribution in [3.05, 3.63) is 24.0 Å². The molecule has 19 nitrogen and oxygen atoms in total. The molecule has 64 heavy (non-hydrogen) atoms. The van der Waals surface area contributed by atoms with E-state index < -0.39 is 12.1 Å². The third kappa shape index (κ3) is 27.7. The molecule has 1 heterocycles. The van der Waals surface area contributed by atoms with Gasteiger partial charge < -0.3 is 56.4 Å². The first-order valence-electron chi connectivity index (χ1n) is 22.3. The topological polar surface area (TPSA) is 221 Å². The lowest BCUT2D eigenvalue weighted by Gasteiger charge is -2.26. The summed E-state index contributed by atoms with van der Waals surface area (Å²) in [5.74, 6) is -1.62. The zero-order valence-corrected chi connectivity index (χ0v) is 41.4. The van der Waals surface area contributed by atoms with Gasteiger partial charge in [-0.3, -0.25) is 38.5 Å². The number of hydrogen-bond donors (Lipinski definition) is 6. The summed E-state index contributed by atoms with van der Waals surface area (Å²) >= 11 is 1.56. The van der Waals surface area contributed by atoms with E-state index in [1.165, 1.54) is 0 Å². The van der Waals surface area contributed by atoms with Crippen molar-refractivity contribution in [1.82, 2.24) is 61.4 Å². The van der Waals surface area contributed by atoms with E-state index in [1.807, 2.05) is 34.3 Å². The van der Waals surface area contributed by atoms with Crippen LogP contribution in [0.2, 0.25) is 0 Å². The van der Waals surface area contributed by atoms with Gasteiger partial charge in [0, 0.05) is 61.3 Å². The molecule has 1 rings (SSSR count). The number of pyridine rings is 1. The van der Waals surface area contributed by atoms with Crippen LogP contribution in [0.25, 0.3) is 0 Å². The minimum atomic E-state index is -0.774. The summed E-state index contributed by atoms with van der Waals surface area (Å²) in [4.78, 5) is 104. The fourth-order valence-electron chi connectivity index (χ4n) is 6.34. The molecule has 0 saturated carbocycles. The van der Waals surface area contributed by atoms with Gasteiger partial charge in [-0.1, -0.05) is 20.8 Å². The summed E-state index contributed by atoms with van der Waals surface area (Å²) in [6, 6.07) is 0.278. The molecule has 20 heteroatoms. The van der Waals surface area contributed by atoms with E-state index in [4.69, 9.17) is 0 Å². The van der Waals surface area contributed by atoms with Gasteiger partial charge >= 0.3 is 0 Å². The third-order valence-electron chi connectivity index (χ3n) is 9.15. The van der Waals surface area contributed by atoms with Crippen molar-refractivity contribution < 1.29 is 33.6 Å². The highest BCUT2D eigenvalue weighted by Crippen LogP contribution is 2.34. The maximum atomic E-state index is 14.2. The fourth-order valence-corrected chi connectivity index (χ4v) is 7.38. The zero-order valence-electron chi connectivity index (χ0n) is 40.6. The van der Waals surface area contributed by atoms with Crippen molar-refractivity contribution in [3.8, 4) is 0 Å². The minimum absolute atomic E-state index is 0.0828. The number of aromatic nitrogens is 1. The summed E-state index contributed by atoms with van der Waals surface area (Å²) < 4.78 is -0.174. The second kappa shape index (κ2) is 31.5. The highest BCUT2D eigenvalue weighted by atomic mass is 32.2. The van der Waals surface area contributed by atoms with Gasteiger partial charge in [-0.05, 0) is 114 Å². The van der Waals surface area contributed by atoms with E-state index in [2.05, 4.69) is 57.7 Å². The number of carbonyl (C=O) groups excluding carboxylic acids is 7. The van der Waals surface area contributed by atoms with Crippen LogP contribution in [0.15, 0.2) is 23.4 Å². The maximum Gasteiger partial charge on any atom is 0.256 e. The lowest BCUT2D eigenvalue weighted by molar-refractivity contribution is -0.129. The van der Waals surface area contributed by atoms with Gasteiger partial charge in [0.05, 0.1) is 31.7 Å². The smallest absolute Gasteiger partial charge is 0.256 e. The second-order valence-electron chi connectivity index (χ2n) is 18.1. The van der Waals surface area contributed by atoms with Gasteiger partial charge in [0.2, 0.25) is 35.4 Å². The molecule has 0 unspecified atom stereocenters. The molecule has 0 aliphatic rings. The molecule has 6 N–H and O–H groups in total. The summed E-state index contributed by atoms with van der Waals surface area (Å²) in [6.45, 7) is 8.99. The van der Waals surface area contributed by atoms with Gasteiger partial charge in [0.25, 0.3) is 5.91 Å². The largest absolute Gasteiger partial charge is 0.355 e. The van der Waals surface area contributed by atoms with Gasteiger partial charge in [0.15, 0.2) is 0 Å².